The highest BCUT2D eigenvalue weighted by Crippen LogP contribution is 2.28. The van der Waals surface area contributed by atoms with Crippen LogP contribution in [-0.2, 0) is 4.79 Å². The maximum atomic E-state index is 12.3. The highest BCUT2D eigenvalue weighted by molar-refractivity contribution is 6.35. The summed E-state index contributed by atoms with van der Waals surface area (Å²) in [5, 5.41) is 13.3. The van der Waals surface area contributed by atoms with E-state index in [1.54, 1.807) is 0 Å². The second-order valence-electron chi connectivity index (χ2n) is 4.29. The van der Waals surface area contributed by atoms with Gasteiger partial charge in [-0.05, 0) is 6.07 Å². The Morgan fingerprint density at radius 1 is 1.40 bits per heavy atom. The van der Waals surface area contributed by atoms with E-state index in [1.807, 2.05) is 0 Å². The number of hydrogen-bond donors (Lipinski definition) is 1. The van der Waals surface area contributed by atoms with Crippen LogP contribution in [0, 0.1) is 10.1 Å². The van der Waals surface area contributed by atoms with Gasteiger partial charge >= 0.3 is 0 Å². The highest BCUT2D eigenvalue weighted by atomic mass is 35.5. The molecule has 0 atom stereocenters. The Morgan fingerprint density at radius 2 is 2.15 bits per heavy atom. The normalized spacial score (nSPS) is 15.4. The molecule has 1 aromatic rings. The number of rotatable bonds is 2. The lowest BCUT2D eigenvalue weighted by atomic mass is 10.1. The molecule has 1 N–H and O–H groups in total. The second kappa shape index (κ2) is 5.87. The summed E-state index contributed by atoms with van der Waals surface area (Å²) < 4.78 is 0. The minimum atomic E-state index is -0.632. The van der Waals surface area contributed by atoms with Crippen LogP contribution in [0.4, 0.5) is 5.69 Å². The van der Waals surface area contributed by atoms with Gasteiger partial charge in [-0.3, -0.25) is 19.7 Å². The summed E-state index contributed by atoms with van der Waals surface area (Å²) in [6.07, 6.45) is 0.207. The molecule has 0 unspecified atom stereocenters. The Hall–Kier alpha value is -2.15. The summed E-state index contributed by atoms with van der Waals surface area (Å²) in [6, 6.07) is 4.10. The van der Waals surface area contributed by atoms with E-state index in [0.717, 1.165) is 0 Å². The van der Waals surface area contributed by atoms with E-state index in [4.69, 9.17) is 11.6 Å². The molecule has 2 rings (SSSR count). The van der Waals surface area contributed by atoms with Crippen molar-refractivity contribution in [2.24, 2.45) is 0 Å². The van der Waals surface area contributed by atoms with Crippen LogP contribution < -0.4 is 5.32 Å². The molecule has 0 aromatic heterocycles. The molecule has 106 valence electrons. The first-order valence-corrected chi connectivity index (χ1v) is 6.37. The molecular weight excluding hydrogens is 286 g/mol. The molecule has 0 spiro atoms. The summed E-state index contributed by atoms with van der Waals surface area (Å²) in [5.74, 6) is -0.527. The van der Waals surface area contributed by atoms with Gasteiger partial charge < -0.3 is 10.2 Å². The van der Waals surface area contributed by atoms with Crippen molar-refractivity contribution in [3.05, 3.63) is 38.9 Å². The molecule has 0 bridgehead atoms. The number of nitrogens with one attached hydrogen (secondary N) is 1. The molecule has 1 fully saturated rings. The average molecular weight is 298 g/mol. The molecule has 2 amide bonds. The number of carbonyl (C=O) groups excluding carboxylic acids is 2. The number of benzene rings is 1. The predicted molar refractivity (Wildman–Crippen MR) is 71.6 cm³/mol. The first kappa shape index (κ1) is 14.3. The zero-order valence-corrected chi connectivity index (χ0v) is 11.2. The van der Waals surface area contributed by atoms with Gasteiger partial charge in [0, 0.05) is 32.1 Å². The first-order valence-electron chi connectivity index (χ1n) is 5.99. The monoisotopic (exact) mass is 297 g/mol. The summed E-state index contributed by atoms with van der Waals surface area (Å²) in [6.45, 7) is 0.977. The van der Waals surface area contributed by atoms with Crippen LogP contribution in [0.25, 0.3) is 0 Å². The smallest absolute Gasteiger partial charge is 0.288 e. The quantitative estimate of drug-likeness (QED) is 0.656. The predicted octanol–water partition coefficient (Wildman–Crippen LogP) is 1.21. The molecule has 0 aliphatic carbocycles. The Bertz CT molecular complexity index is 576. The minimum Gasteiger partial charge on any atom is -0.354 e. The summed E-state index contributed by atoms with van der Waals surface area (Å²) >= 11 is 5.92. The van der Waals surface area contributed by atoms with Crippen molar-refractivity contribution in [3.63, 3.8) is 0 Å². The molecule has 7 nitrogen and oxygen atoms in total. The Labute approximate surface area is 119 Å². The Kier molecular flexibility index (Phi) is 4.19. The van der Waals surface area contributed by atoms with Crippen molar-refractivity contribution in [2.45, 2.75) is 6.42 Å². The van der Waals surface area contributed by atoms with E-state index in [1.165, 1.54) is 23.1 Å². The van der Waals surface area contributed by atoms with Gasteiger partial charge in [0.2, 0.25) is 5.91 Å². The largest absolute Gasteiger partial charge is 0.354 e. The second-order valence-corrected chi connectivity index (χ2v) is 4.67. The van der Waals surface area contributed by atoms with Crippen molar-refractivity contribution in [1.82, 2.24) is 10.2 Å². The molecule has 20 heavy (non-hydrogen) atoms. The Balaban J connectivity index is 2.27. The fraction of sp³-hybridized carbons (Fsp3) is 0.333. The lowest BCUT2D eigenvalue weighted by Gasteiger charge is -2.19. The van der Waals surface area contributed by atoms with Gasteiger partial charge in [0.05, 0.1) is 10.5 Å². The SMILES string of the molecule is O=C1CCN(C(=O)c2cccc([N+](=O)[O-])c2Cl)CCN1. The Morgan fingerprint density at radius 3 is 2.85 bits per heavy atom. The molecule has 1 heterocycles. The van der Waals surface area contributed by atoms with Crippen LogP contribution in [0.15, 0.2) is 18.2 Å². The number of nitro groups is 1. The molecular formula is C12H12ClN3O4. The van der Waals surface area contributed by atoms with Crippen molar-refractivity contribution in [1.29, 1.82) is 0 Å². The molecule has 8 heteroatoms. The van der Waals surface area contributed by atoms with Gasteiger partial charge in [-0.15, -0.1) is 0 Å². The molecule has 1 aliphatic rings. The lowest BCUT2D eigenvalue weighted by Crippen LogP contribution is -2.34. The van der Waals surface area contributed by atoms with Gasteiger partial charge in [-0.25, -0.2) is 0 Å². The van der Waals surface area contributed by atoms with Crippen LogP contribution in [0.5, 0.6) is 0 Å². The van der Waals surface area contributed by atoms with Crippen molar-refractivity contribution in [2.75, 3.05) is 19.6 Å². The van der Waals surface area contributed by atoms with Crippen LogP contribution in [-0.4, -0.2) is 41.3 Å². The van der Waals surface area contributed by atoms with Crippen LogP contribution in [0.1, 0.15) is 16.8 Å². The number of hydrogen-bond acceptors (Lipinski definition) is 4. The van der Waals surface area contributed by atoms with Crippen LogP contribution in [0.2, 0.25) is 5.02 Å². The number of carbonyl (C=O) groups is 2. The van der Waals surface area contributed by atoms with Gasteiger partial charge in [-0.1, -0.05) is 17.7 Å². The molecule has 0 saturated carbocycles. The van der Waals surface area contributed by atoms with E-state index in [-0.39, 0.29) is 35.1 Å². The van der Waals surface area contributed by atoms with Crippen molar-refractivity contribution < 1.29 is 14.5 Å². The fourth-order valence-corrected chi connectivity index (χ4v) is 2.24. The first-order chi connectivity index (χ1) is 9.50. The summed E-state index contributed by atoms with van der Waals surface area (Å²) in [4.78, 5) is 35.2. The molecule has 1 saturated heterocycles. The minimum absolute atomic E-state index is 0.0789. The third-order valence-electron chi connectivity index (χ3n) is 3.01. The maximum Gasteiger partial charge on any atom is 0.288 e. The third kappa shape index (κ3) is 2.88. The zero-order chi connectivity index (χ0) is 14.7. The van der Waals surface area contributed by atoms with Gasteiger partial charge in [0.15, 0.2) is 0 Å². The number of halogens is 1. The van der Waals surface area contributed by atoms with E-state index in [2.05, 4.69) is 5.32 Å². The van der Waals surface area contributed by atoms with Crippen LogP contribution >= 0.6 is 11.6 Å². The molecule has 1 aromatic carbocycles. The topological polar surface area (TPSA) is 92.5 Å². The molecule has 0 radical (unpaired) electrons. The van der Waals surface area contributed by atoms with Gasteiger partial charge in [0.25, 0.3) is 11.6 Å². The lowest BCUT2D eigenvalue weighted by molar-refractivity contribution is -0.384. The number of nitro benzene ring substituents is 1. The van der Waals surface area contributed by atoms with Crippen molar-refractivity contribution in [3.8, 4) is 0 Å². The standard InChI is InChI=1S/C12H12ClN3O4/c13-11-8(2-1-3-9(11)16(19)20)12(18)15-6-4-10(17)14-5-7-15/h1-3H,4-7H2,(H,14,17). The fourth-order valence-electron chi connectivity index (χ4n) is 1.97. The van der Waals surface area contributed by atoms with E-state index in [0.29, 0.717) is 13.1 Å². The van der Waals surface area contributed by atoms with Crippen molar-refractivity contribution >= 4 is 29.1 Å². The van der Waals surface area contributed by atoms with E-state index >= 15 is 0 Å². The van der Waals surface area contributed by atoms with Gasteiger partial charge in [-0.2, -0.15) is 0 Å². The summed E-state index contributed by atoms with van der Waals surface area (Å²) in [5.41, 5.74) is -0.225. The number of amides is 2. The summed E-state index contributed by atoms with van der Waals surface area (Å²) in [7, 11) is 0. The van der Waals surface area contributed by atoms with Crippen LogP contribution in [0.3, 0.4) is 0 Å². The van der Waals surface area contributed by atoms with E-state index < -0.39 is 10.8 Å². The maximum absolute atomic E-state index is 12.3. The number of nitrogens with zero attached hydrogens (tertiary/aromatic N) is 2. The average Bonchev–Trinajstić information content (AvgIpc) is 2.63. The van der Waals surface area contributed by atoms with Gasteiger partial charge in [0.1, 0.15) is 5.02 Å². The highest BCUT2D eigenvalue weighted by Gasteiger charge is 2.25. The molecule has 1 aliphatic heterocycles. The zero-order valence-electron chi connectivity index (χ0n) is 10.5. The third-order valence-corrected chi connectivity index (χ3v) is 3.40. The van der Waals surface area contributed by atoms with E-state index in [9.17, 15) is 19.7 Å².